The maximum absolute atomic E-state index is 12.6. The van der Waals surface area contributed by atoms with Crippen LogP contribution < -0.4 is 10.9 Å². The number of amides is 1. The highest BCUT2D eigenvalue weighted by atomic mass is 35.5. The zero-order chi connectivity index (χ0) is 18.7. The molecule has 1 aliphatic rings. The summed E-state index contributed by atoms with van der Waals surface area (Å²) in [6.45, 7) is 5.39. The average Bonchev–Trinajstić information content (AvgIpc) is 2.65. The molecule has 7 heteroatoms. The Morgan fingerprint density at radius 1 is 1.46 bits per heavy atom. The fourth-order valence-corrected chi connectivity index (χ4v) is 3.44. The van der Waals surface area contributed by atoms with Crippen molar-refractivity contribution in [2.24, 2.45) is 0 Å². The third-order valence-electron chi connectivity index (χ3n) is 4.94. The minimum Gasteiger partial charge on any atom is -0.329 e. The first-order chi connectivity index (χ1) is 12.4. The van der Waals surface area contributed by atoms with E-state index in [1.165, 1.54) is 6.20 Å². The Hall–Kier alpha value is -2.18. The van der Waals surface area contributed by atoms with E-state index in [2.05, 4.69) is 20.2 Å². The molecule has 0 spiro atoms. The molecule has 26 heavy (non-hydrogen) atoms. The van der Waals surface area contributed by atoms with E-state index < -0.39 is 0 Å². The van der Waals surface area contributed by atoms with Crippen molar-refractivity contribution in [1.82, 2.24) is 14.9 Å². The van der Waals surface area contributed by atoms with Crippen molar-refractivity contribution in [1.29, 1.82) is 0 Å². The van der Waals surface area contributed by atoms with Gasteiger partial charge in [0, 0.05) is 24.5 Å². The van der Waals surface area contributed by atoms with Gasteiger partial charge in [-0.25, -0.2) is 4.98 Å². The lowest BCUT2D eigenvalue weighted by Gasteiger charge is -2.36. The first-order valence-electron chi connectivity index (χ1n) is 8.79. The summed E-state index contributed by atoms with van der Waals surface area (Å²) in [5, 5.41) is 3.37. The van der Waals surface area contributed by atoms with Gasteiger partial charge < -0.3 is 10.3 Å². The van der Waals surface area contributed by atoms with Crippen molar-refractivity contribution in [2.45, 2.75) is 38.6 Å². The molecule has 2 aromatic rings. The minimum atomic E-state index is -0.265. The van der Waals surface area contributed by atoms with E-state index in [0.29, 0.717) is 16.8 Å². The Bertz CT molecular complexity index is 834. The highest BCUT2D eigenvalue weighted by Gasteiger charge is 2.28. The number of piperidine rings is 1. The maximum Gasteiger partial charge on any atom is 0.250 e. The number of aromatic nitrogens is 2. The van der Waals surface area contributed by atoms with E-state index in [4.69, 9.17) is 11.6 Å². The predicted octanol–water partition coefficient (Wildman–Crippen LogP) is 2.94. The summed E-state index contributed by atoms with van der Waals surface area (Å²) < 4.78 is 0. The van der Waals surface area contributed by atoms with Crippen LogP contribution in [0.1, 0.15) is 36.8 Å². The molecular formula is C19H23ClN4O2. The number of pyridine rings is 2. The normalized spacial score (nSPS) is 19.1. The van der Waals surface area contributed by atoms with Gasteiger partial charge in [0.15, 0.2) is 0 Å². The van der Waals surface area contributed by atoms with Crippen molar-refractivity contribution in [3.63, 3.8) is 0 Å². The second-order valence-corrected chi connectivity index (χ2v) is 7.24. The molecule has 0 aliphatic carbocycles. The minimum absolute atomic E-state index is 0.0513. The lowest BCUT2D eigenvalue weighted by molar-refractivity contribution is -0.121. The van der Waals surface area contributed by atoms with Crippen LogP contribution in [0, 0.1) is 6.92 Å². The monoisotopic (exact) mass is 374 g/mol. The first-order valence-corrected chi connectivity index (χ1v) is 9.17. The zero-order valence-corrected chi connectivity index (χ0v) is 15.7. The fourth-order valence-electron chi connectivity index (χ4n) is 3.33. The molecule has 6 nitrogen and oxygen atoms in total. The number of carbonyl (C=O) groups is 1. The van der Waals surface area contributed by atoms with Crippen molar-refractivity contribution >= 4 is 23.3 Å². The van der Waals surface area contributed by atoms with Crippen LogP contribution in [0.3, 0.4) is 0 Å². The van der Waals surface area contributed by atoms with Crippen LogP contribution in [0.25, 0.3) is 0 Å². The molecule has 0 radical (unpaired) electrons. The number of likely N-dealkylation sites (tertiary alicyclic amines) is 1. The summed E-state index contributed by atoms with van der Waals surface area (Å²) in [5.74, 6) is 0.720. The van der Waals surface area contributed by atoms with Crippen molar-refractivity contribution in [3.05, 3.63) is 57.1 Å². The largest absolute Gasteiger partial charge is 0.329 e. The molecule has 2 aromatic heterocycles. The van der Waals surface area contributed by atoms with E-state index >= 15 is 0 Å². The van der Waals surface area contributed by atoms with Gasteiger partial charge in [-0.15, -0.1) is 0 Å². The van der Waals surface area contributed by atoms with E-state index in [0.717, 1.165) is 37.1 Å². The summed E-state index contributed by atoms with van der Waals surface area (Å²) in [6, 6.07) is 5.08. The Kier molecular flexibility index (Phi) is 5.74. The molecule has 3 rings (SSSR count). The average molecular weight is 375 g/mol. The van der Waals surface area contributed by atoms with Gasteiger partial charge in [-0.05, 0) is 62.9 Å². The van der Waals surface area contributed by atoms with Crippen LogP contribution in [0.2, 0.25) is 5.02 Å². The molecule has 2 N–H and O–H groups in total. The lowest BCUT2D eigenvalue weighted by Crippen LogP contribution is -2.46. The molecule has 2 atom stereocenters. The van der Waals surface area contributed by atoms with Crippen LogP contribution >= 0.6 is 11.6 Å². The molecule has 1 amide bonds. The van der Waals surface area contributed by atoms with Crippen LogP contribution in [0.5, 0.6) is 0 Å². The molecule has 1 fully saturated rings. The molecule has 0 unspecified atom stereocenters. The number of hydrogen-bond donors (Lipinski definition) is 2. The second-order valence-electron chi connectivity index (χ2n) is 6.81. The third kappa shape index (κ3) is 4.31. The number of anilines is 1. The summed E-state index contributed by atoms with van der Waals surface area (Å²) in [5.41, 5.74) is 1.79. The summed E-state index contributed by atoms with van der Waals surface area (Å²) >= 11 is 5.82. The van der Waals surface area contributed by atoms with Crippen molar-refractivity contribution in [3.8, 4) is 0 Å². The van der Waals surface area contributed by atoms with E-state index in [-0.39, 0.29) is 17.5 Å². The maximum atomic E-state index is 12.6. The Labute approximate surface area is 157 Å². The van der Waals surface area contributed by atoms with Crippen molar-refractivity contribution in [2.75, 3.05) is 18.4 Å². The molecule has 0 bridgehead atoms. The summed E-state index contributed by atoms with van der Waals surface area (Å²) in [6.07, 6.45) is 5.37. The van der Waals surface area contributed by atoms with Gasteiger partial charge in [0.25, 0.3) is 5.56 Å². The Morgan fingerprint density at radius 2 is 2.27 bits per heavy atom. The van der Waals surface area contributed by atoms with Gasteiger partial charge in [0.2, 0.25) is 5.91 Å². The number of carbonyl (C=O) groups excluding carboxylic acids is 1. The van der Waals surface area contributed by atoms with Gasteiger partial charge in [0.1, 0.15) is 5.82 Å². The lowest BCUT2D eigenvalue weighted by atomic mass is 9.90. The van der Waals surface area contributed by atoms with Gasteiger partial charge in [-0.2, -0.15) is 0 Å². The smallest absolute Gasteiger partial charge is 0.250 e. The van der Waals surface area contributed by atoms with Crippen LogP contribution in [0.4, 0.5) is 5.82 Å². The molecule has 1 aliphatic heterocycles. The van der Waals surface area contributed by atoms with Gasteiger partial charge in [0.05, 0.1) is 11.1 Å². The highest BCUT2D eigenvalue weighted by Crippen LogP contribution is 2.27. The van der Waals surface area contributed by atoms with E-state index in [1.807, 2.05) is 19.9 Å². The van der Waals surface area contributed by atoms with Crippen LogP contribution in [-0.2, 0) is 4.79 Å². The number of nitrogens with zero attached hydrogens (tertiary/aromatic N) is 2. The summed E-state index contributed by atoms with van der Waals surface area (Å²) in [4.78, 5) is 33.2. The molecule has 0 aromatic carbocycles. The highest BCUT2D eigenvalue weighted by molar-refractivity contribution is 6.30. The number of nitrogens with one attached hydrogen (secondary N) is 2. The molecular weight excluding hydrogens is 352 g/mol. The second kappa shape index (κ2) is 8.01. The zero-order valence-electron chi connectivity index (χ0n) is 15.0. The fraction of sp³-hybridized carbons (Fsp3) is 0.421. The number of H-pyrrole nitrogens is 1. The number of halogens is 1. The standard InChI is InChI=1S/C19H23ClN4O2/c1-12-8-15(9-22-18(12)25)14-4-3-7-24(11-14)13(2)19(26)23-17-6-5-16(20)10-21-17/h5-6,8-10,13-14H,3-4,7,11H2,1-2H3,(H,22,25)(H,21,23,26)/t13-,14+/m0/s1. The van der Waals surface area contributed by atoms with Gasteiger partial charge in [-0.1, -0.05) is 11.6 Å². The molecule has 0 saturated carbocycles. The number of aryl methyl sites for hydroxylation is 1. The topological polar surface area (TPSA) is 78.1 Å². The predicted molar refractivity (Wildman–Crippen MR) is 103 cm³/mol. The quantitative estimate of drug-likeness (QED) is 0.862. The number of rotatable bonds is 4. The third-order valence-corrected chi connectivity index (χ3v) is 5.16. The molecule has 138 valence electrons. The SMILES string of the molecule is Cc1cc([C@@H]2CCCN([C@@H](C)C(=O)Nc3ccc(Cl)cn3)C2)c[nH]c1=O. The first kappa shape index (κ1) is 18.6. The van der Waals surface area contributed by atoms with E-state index in [1.54, 1.807) is 18.3 Å². The van der Waals surface area contributed by atoms with Crippen LogP contribution in [0.15, 0.2) is 35.4 Å². The summed E-state index contributed by atoms with van der Waals surface area (Å²) in [7, 11) is 0. The van der Waals surface area contributed by atoms with E-state index in [9.17, 15) is 9.59 Å². The molecule has 3 heterocycles. The van der Waals surface area contributed by atoms with Gasteiger partial charge >= 0.3 is 0 Å². The number of hydrogen-bond acceptors (Lipinski definition) is 4. The number of aromatic amines is 1. The molecule has 1 saturated heterocycles. The van der Waals surface area contributed by atoms with Gasteiger partial charge in [-0.3, -0.25) is 14.5 Å². The van der Waals surface area contributed by atoms with Crippen LogP contribution in [-0.4, -0.2) is 39.9 Å². The Morgan fingerprint density at radius 3 is 2.96 bits per heavy atom. The Balaban J connectivity index is 1.66. The van der Waals surface area contributed by atoms with Crippen molar-refractivity contribution < 1.29 is 4.79 Å².